The van der Waals surface area contributed by atoms with Gasteiger partial charge in [-0.2, -0.15) is 0 Å². The maximum atomic E-state index is 13.1. The average molecular weight is 424 g/mol. The van der Waals surface area contributed by atoms with Crippen molar-refractivity contribution < 1.29 is 23.8 Å². The lowest BCUT2D eigenvalue weighted by Crippen LogP contribution is -2.38. The highest BCUT2D eigenvalue weighted by Crippen LogP contribution is 2.38. The van der Waals surface area contributed by atoms with Crippen molar-refractivity contribution in [1.82, 2.24) is 4.90 Å². The molecule has 1 saturated heterocycles. The second kappa shape index (κ2) is 9.39. The Labute approximate surface area is 182 Å². The van der Waals surface area contributed by atoms with Gasteiger partial charge in [-0.3, -0.25) is 9.69 Å². The van der Waals surface area contributed by atoms with Gasteiger partial charge in [-0.15, -0.1) is 0 Å². The van der Waals surface area contributed by atoms with Crippen LogP contribution >= 0.6 is 0 Å². The van der Waals surface area contributed by atoms with Crippen LogP contribution in [-0.4, -0.2) is 57.2 Å². The highest BCUT2D eigenvalue weighted by molar-refractivity contribution is 6.02. The van der Waals surface area contributed by atoms with Crippen LogP contribution in [-0.2, 0) is 9.53 Å². The lowest BCUT2D eigenvalue weighted by Gasteiger charge is -2.28. The molecule has 0 unspecified atom stereocenters. The highest BCUT2D eigenvalue weighted by atomic mass is 16.5. The Morgan fingerprint density at radius 3 is 2.68 bits per heavy atom. The molecular weight excluding hydrogens is 396 g/mol. The molecule has 0 aliphatic carbocycles. The average Bonchev–Trinajstić information content (AvgIpc) is 3.13. The Hall–Kier alpha value is -3.06. The zero-order valence-corrected chi connectivity index (χ0v) is 18.0. The van der Waals surface area contributed by atoms with Crippen molar-refractivity contribution in [2.24, 2.45) is 0 Å². The van der Waals surface area contributed by atoms with E-state index in [-0.39, 0.29) is 18.5 Å². The van der Waals surface area contributed by atoms with Gasteiger partial charge < -0.3 is 19.1 Å². The summed E-state index contributed by atoms with van der Waals surface area (Å²) < 4.78 is 16.4. The van der Waals surface area contributed by atoms with Gasteiger partial charge in [0.25, 0.3) is 0 Å². The van der Waals surface area contributed by atoms with Crippen molar-refractivity contribution in [2.75, 3.05) is 45.4 Å². The van der Waals surface area contributed by atoms with Crippen molar-refractivity contribution in [2.45, 2.75) is 25.3 Å². The molecule has 0 saturated carbocycles. The minimum atomic E-state index is -0.457. The zero-order chi connectivity index (χ0) is 21.8. The highest BCUT2D eigenvalue weighted by Gasteiger charge is 2.30. The fourth-order valence-electron chi connectivity index (χ4n) is 4.24. The molecule has 7 heteroatoms. The number of esters is 1. The zero-order valence-electron chi connectivity index (χ0n) is 18.0. The molecule has 2 aromatic carbocycles. The van der Waals surface area contributed by atoms with E-state index in [1.807, 2.05) is 18.2 Å². The summed E-state index contributed by atoms with van der Waals surface area (Å²) in [5.74, 6) is 1.03. The molecule has 0 aromatic heterocycles. The Morgan fingerprint density at radius 1 is 1.10 bits per heavy atom. The van der Waals surface area contributed by atoms with Crippen LogP contribution in [0, 0.1) is 0 Å². The van der Waals surface area contributed by atoms with E-state index in [0.717, 1.165) is 42.9 Å². The van der Waals surface area contributed by atoms with Crippen LogP contribution in [0.5, 0.6) is 11.5 Å². The first kappa shape index (κ1) is 21.2. The topological polar surface area (TPSA) is 68.3 Å². The van der Waals surface area contributed by atoms with E-state index in [4.69, 9.17) is 14.2 Å². The number of hydrogen-bond donors (Lipinski definition) is 0. The van der Waals surface area contributed by atoms with Crippen LogP contribution in [0.4, 0.5) is 5.69 Å². The number of carbonyl (C=O) groups excluding carboxylic acids is 2. The number of amides is 1. The van der Waals surface area contributed by atoms with Gasteiger partial charge in [-0.05, 0) is 49.2 Å². The van der Waals surface area contributed by atoms with Crippen molar-refractivity contribution >= 4 is 17.6 Å². The van der Waals surface area contributed by atoms with E-state index in [1.54, 1.807) is 25.2 Å². The summed E-state index contributed by atoms with van der Waals surface area (Å²) in [7, 11) is 3.04. The second-order valence-corrected chi connectivity index (χ2v) is 7.85. The number of likely N-dealkylation sites (N-methyl/N-ethyl adjacent to an activating group) is 1. The van der Waals surface area contributed by atoms with Crippen LogP contribution in [0.2, 0.25) is 0 Å². The first-order valence-corrected chi connectivity index (χ1v) is 10.7. The van der Waals surface area contributed by atoms with Gasteiger partial charge in [0.05, 0.1) is 38.1 Å². The molecule has 1 atom stereocenters. The summed E-state index contributed by atoms with van der Waals surface area (Å²) in [5.41, 5.74) is 2.06. The molecule has 1 amide bonds. The minimum absolute atomic E-state index is 0.0717. The Kier molecular flexibility index (Phi) is 6.42. The summed E-state index contributed by atoms with van der Waals surface area (Å²) in [6.07, 6.45) is 2.87. The van der Waals surface area contributed by atoms with Crippen molar-refractivity contribution in [3.8, 4) is 11.5 Å². The molecule has 0 N–H and O–H groups in total. The van der Waals surface area contributed by atoms with Crippen LogP contribution in [0.25, 0.3) is 0 Å². The number of hydrogen-bond acceptors (Lipinski definition) is 6. The number of ether oxygens (including phenoxy) is 3. The van der Waals surface area contributed by atoms with E-state index in [9.17, 15) is 9.59 Å². The summed E-state index contributed by atoms with van der Waals surface area (Å²) in [6, 6.07) is 13.2. The van der Waals surface area contributed by atoms with Gasteiger partial charge in [0, 0.05) is 19.5 Å². The summed E-state index contributed by atoms with van der Waals surface area (Å²) in [6.45, 7) is 2.42. The number of rotatable bonds is 5. The summed E-state index contributed by atoms with van der Waals surface area (Å²) in [5, 5.41) is 0. The summed E-state index contributed by atoms with van der Waals surface area (Å²) >= 11 is 0. The van der Waals surface area contributed by atoms with Crippen LogP contribution in [0.15, 0.2) is 42.5 Å². The maximum absolute atomic E-state index is 13.1. The minimum Gasteiger partial charge on any atom is -0.490 e. The van der Waals surface area contributed by atoms with Gasteiger partial charge in [0.2, 0.25) is 5.91 Å². The van der Waals surface area contributed by atoms with Gasteiger partial charge in [0.1, 0.15) is 0 Å². The predicted octanol–water partition coefficient (Wildman–Crippen LogP) is 3.43. The Balaban J connectivity index is 1.50. The number of para-hydroxylation sites is 1. The largest absolute Gasteiger partial charge is 0.490 e. The number of fused-ring (bicyclic) bond motifs is 1. The van der Waals surface area contributed by atoms with Gasteiger partial charge in [-0.1, -0.05) is 18.2 Å². The molecule has 0 bridgehead atoms. The molecular formula is C24H28N2O5. The Bertz CT molecular complexity index is 961. The Morgan fingerprint density at radius 2 is 1.87 bits per heavy atom. The van der Waals surface area contributed by atoms with E-state index in [1.165, 1.54) is 12.0 Å². The fourth-order valence-corrected chi connectivity index (χ4v) is 4.24. The van der Waals surface area contributed by atoms with Gasteiger partial charge in [0.15, 0.2) is 11.5 Å². The van der Waals surface area contributed by atoms with Gasteiger partial charge in [-0.25, -0.2) is 4.79 Å². The van der Waals surface area contributed by atoms with E-state index in [0.29, 0.717) is 24.5 Å². The first-order valence-electron chi connectivity index (χ1n) is 10.7. The number of anilines is 1. The molecule has 4 rings (SSSR count). The van der Waals surface area contributed by atoms with E-state index >= 15 is 0 Å². The number of methoxy groups -OCH3 is 1. The lowest BCUT2D eigenvalue weighted by atomic mass is 10.0. The maximum Gasteiger partial charge on any atom is 0.339 e. The smallest absolute Gasteiger partial charge is 0.339 e. The standard InChI is InChI=1S/C24H28N2O5/c1-25(20-8-4-3-7-18(20)24(28)29-2)23(27)16-26-12-5-9-19(26)17-10-11-21-22(15-17)31-14-6-13-30-21/h3-4,7-8,10-11,15,19H,5-6,9,12-14,16H2,1-2H3/t19-/m1/s1. The monoisotopic (exact) mass is 424 g/mol. The van der Waals surface area contributed by atoms with Crippen LogP contribution in [0.1, 0.15) is 41.2 Å². The second-order valence-electron chi connectivity index (χ2n) is 7.85. The number of likely N-dealkylation sites (tertiary alicyclic amines) is 1. The molecule has 0 radical (unpaired) electrons. The third-order valence-electron chi connectivity index (χ3n) is 5.90. The quantitative estimate of drug-likeness (QED) is 0.685. The van der Waals surface area contributed by atoms with E-state index < -0.39 is 5.97 Å². The SMILES string of the molecule is COC(=O)c1ccccc1N(C)C(=O)CN1CCC[C@@H]1c1ccc2c(c1)OCCCO2. The predicted molar refractivity (Wildman–Crippen MR) is 117 cm³/mol. The number of benzene rings is 2. The molecule has 7 nitrogen and oxygen atoms in total. The number of carbonyl (C=O) groups is 2. The first-order chi connectivity index (χ1) is 15.1. The molecule has 31 heavy (non-hydrogen) atoms. The molecule has 2 aromatic rings. The molecule has 164 valence electrons. The van der Waals surface area contributed by atoms with Crippen LogP contribution in [0.3, 0.4) is 0 Å². The van der Waals surface area contributed by atoms with Crippen molar-refractivity contribution in [3.05, 3.63) is 53.6 Å². The van der Waals surface area contributed by atoms with Crippen molar-refractivity contribution in [3.63, 3.8) is 0 Å². The molecule has 2 aliphatic heterocycles. The molecule has 0 spiro atoms. The molecule has 1 fully saturated rings. The fraction of sp³-hybridized carbons (Fsp3) is 0.417. The third-order valence-corrected chi connectivity index (χ3v) is 5.90. The number of nitrogens with zero attached hydrogens (tertiary/aromatic N) is 2. The van der Waals surface area contributed by atoms with Gasteiger partial charge >= 0.3 is 5.97 Å². The summed E-state index contributed by atoms with van der Waals surface area (Å²) in [4.78, 5) is 28.9. The molecule has 2 aliphatic rings. The normalized spacial score (nSPS) is 18.3. The molecule has 2 heterocycles. The van der Waals surface area contributed by atoms with Crippen molar-refractivity contribution in [1.29, 1.82) is 0 Å². The lowest BCUT2D eigenvalue weighted by molar-refractivity contribution is -0.119. The van der Waals surface area contributed by atoms with E-state index in [2.05, 4.69) is 11.0 Å². The third kappa shape index (κ3) is 4.51. The van der Waals surface area contributed by atoms with Crippen LogP contribution < -0.4 is 14.4 Å².